The number of hydrogen-bond acceptors (Lipinski definition) is 4. The molecule has 2 aromatic rings. The molecular formula is C17H18ClNO4. The quantitative estimate of drug-likeness (QED) is 0.754. The number of carbonyl (C=O) groups is 1. The fourth-order valence-electron chi connectivity index (χ4n) is 1.79. The number of methoxy groups -OCH3 is 1. The van der Waals surface area contributed by atoms with E-state index in [9.17, 15) is 4.79 Å². The molecule has 122 valence electrons. The monoisotopic (exact) mass is 335 g/mol. The molecule has 0 radical (unpaired) electrons. The molecule has 0 aliphatic heterocycles. The molecule has 2 aromatic carbocycles. The van der Waals surface area contributed by atoms with Crippen LogP contribution in [0.4, 0.5) is 0 Å². The summed E-state index contributed by atoms with van der Waals surface area (Å²) in [6.45, 7) is 0.645. The van der Waals surface area contributed by atoms with Gasteiger partial charge in [-0.15, -0.1) is 0 Å². The lowest BCUT2D eigenvalue weighted by Gasteiger charge is -2.10. The van der Waals surface area contributed by atoms with Gasteiger partial charge in [0.05, 0.1) is 18.7 Å². The molecule has 0 unspecified atom stereocenters. The second-order valence-corrected chi connectivity index (χ2v) is 5.00. The number of para-hydroxylation sites is 1. The van der Waals surface area contributed by atoms with Gasteiger partial charge in [-0.25, -0.2) is 0 Å². The highest BCUT2D eigenvalue weighted by atomic mass is 35.5. The number of ether oxygens (including phenoxy) is 3. The van der Waals surface area contributed by atoms with Crippen molar-refractivity contribution in [2.75, 3.05) is 26.9 Å². The molecule has 0 saturated heterocycles. The Morgan fingerprint density at radius 3 is 2.43 bits per heavy atom. The molecule has 0 spiro atoms. The molecule has 2 rings (SSSR count). The Morgan fingerprint density at radius 1 is 1.04 bits per heavy atom. The summed E-state index contributed by atoms with van der Waals surface area (Å²) in [7, 11) is 1.59. The lowest BCUT2D eigenvalue weighted by atomic mass is 10.3. The van der Waals surface area contributed by atoms with Crippen molar-refractivity contribution in [1.82, 2.24) is 5.32 Å². The molecule has 0 bridgehead atoms. The minimum absolute atomic E-state index is 0.0571. The topological polar surface area (TPSA) is 56.8 Å². The second-order valence-electron chi connectivity index (χ2n) is 4.59. The average Bonchev–Trinajstić information content (AvgIpc) is 2.59. The largest absolute Gasteiger partial charge is 0.497 e. The Morgan fingerprint density at radius 2 is 1.74 bits per heavy atom. The van der Waals surface area contributed by atoms with E-state index in [-0.39, 0.29) is 12.5 Å². The Bertz CT molecular complexity index is 631. The van der Waals surface area contributed by atoms with Crippen LogP contribution in [0, 0.1) is 0 Å². The van der Waals surface area contributed by atoms with E-state index >= 15 is 0 Å². The van der Waals surface area contributed by atoms with Crippen LogP contribution in [0.3, 0.4) is 0 Å². The van der Waals surface area contributed by atoms with Gasteiger partial charge in [-0.05, 0) is 36.4 Å². The van der Waals surface area contributed by atoms with Crippen LogP contribution >= 0.6 is 11.6 Å². The van der Waals surface area contributed by atoms with E-state index in [2.05, 4.69) is 5.32 Å². The van der Waals surface area contributed by atoms with Gasteiger partial charge >= 0.3 is 0 Å². The molecule has 0 fully saturated rings. The van der Waals surface area contributed by atoms with Crippen LogP contribution in [0.5, 0.6) is 17.2 Å². The second kappa shape index (κ2) is 8.90. The zero-order valence-corrected chi connectivity index (χ0v) is 13.5. The predicted octanol–water partition coefficient (Wildman–Crippen LogP) is 2.92. The van der Waals surface area contributed by atoms with Gasteiger partial charge in [0, 0.05) is 0 Å². The predicted molar refractivity (Wildman–Crippen MR) is 88.4 cm³/mol. The number of carbonyl (C=O) groups excluding carboxylic acids is 1. The van der Waals surface area contributed by atoms with Gasteiger partial charge in [0.2, 0.25) is 0 Å². The van der Waals surface area contributed by atoms with E-state index in [0.717, 1.165) is 5.75 Å². The number of rotatable bonds is 8. The van der Waals surface area contributed by atoms with E-state index < -0.39 is 0 Å². The van der Waals surface area contributed by atoms with Crippen molar-refractivity contribution in [1.29, 1.82) is 0 Å². The fourth-order valence-corrected chi connectivity index (χ4v) is 1.98. The van der Waals surface area contributed by atoms with Crippen LogP contribution in [0.15, 0.2) is 48.5 Å². The molecule has 0 atom stereocenters. The number of amides is 1. The Balaban J connectivity index is 1.64. The average molecular weight is 336 g/mol. The van der Waals surface area contributed by atoms with E-state index in [1.54, 1.807) is 43.5 Å². The van der Waals surface area contributed by atoms with Gasteiger partial charge in [-0.1, -0.05) is 23.7 Å². The summed E-state index contributed by atoms with van der Waals surface area (Å²) >= 11 is 5.96. The van der Waals surface area contributed by atoms with Crippen molar-refractivity contribution in [3.63, 3.8) is 0 Å². The molecule has 1 N–H and O–H groups in total. The van der Waals surface area contributed by atoms with Crippen molar-refractivity contribution in [2.45, 2.75) is 0 Å². The first-order valence-corrected chi connectivity index (χ1v) is 7.47. The third-order valence-corrected chi connectivity index (χ3v) is 3.26. The van der Waals surface area contributed by atoms with Crippen LogP contribution in [0.2, 0.25) is 5.02 Å². The molecule has 5 nitrogen and oxygen atoms in total. The van der Waals surface area contributed by atoms with Crippen LogP contribution in [0.25, 0.3) is 0 Å². The molecule has 6 heteroatoms. The molecular weight excluding hydrogens is 318 g/mol. The van der Waals surface area contributed by atoms with Crippen LogP contribution in [-0.2, 0) is 4.79 Å². The maximum atomic E-state index is 11.7. The SMILES string of the molecule is COc1ccc(OCC(=O)NCCOc2ccccc2Cl)cc1. The van der Waals surface area contributed by atoms with Gasteiger partial charge in [0.1, 0.15) is 23.9 Å². The summed E-state index contributed by atoms with van der Waals surface area (Å²) in [6, 6.07) is 14.2. The van der Waals surface area contributed by atoms with Crippen molar-refractivity contribution < 1.29 is 19.0 Å². The van der Waals surface area contributed by atoms with Gasteiger partial charge < -0.3 is 19.5 Å². The lowest BCUT2D eigenvalue weighted by molar-refractivity contribution is -0.123. The first-order chi connectivity index (χ1) is 11.2. The van der Waals surface area contributed by atoms with E-state index in [1.165, 1.54) is 0 Å². The fraction of sp³-hybridized carbons (Fsp3) is 0.235. The molecule has 0 aliphatic carbocycles. The van der Waals surface area contributed by atoms with Crippen molar-refractivity contribution in [3.8, 4) is 17.2 Å². The number of halogens is 1. The molecule has 0 heterocycles. The molecule has 0 aromatic heterocycles. The molecule has 1 amide bonds. The Labute approximate surface area is 140 Å². The van der Waals surface area contributed by atoms with Crippen molar-refractivity contribution >= 4 is 17.5 Å². The molecule has 0 aliphatic rings. The summed E-state index contributed by atoms with van der Waals surface area (Å²) in [6.07, 6.45) is 0. The Kier molecular flexibility index (Phi) is 6.56. The summed E-state index contributed by atoms with van der Waals surface area (Å²) < 4.78 is 15.9. The number of benzene rings is 2. The highest BCUT2D eigenvalue weighted by Gasteiger charge is 2.04. The van der Waals surface area contributed by atoms with Crippen LogP contribution in [0.1, 0.15) is 0 Å². The van der Waals surface area contributed by atoms with Crippen molar-refractivity contribution in [2.24, 2.45) is 0 Å². The zero-order chi connectivity index (χ0) is 16.5. The minimum atomic E-state index is -0.219. The first-order valence-electron chi connectivity index (χ1n) is 7.10. The maximum Gasteiger partial charge on any atom is 0.258 e. The van der Waals surface area contributed by atoms with E-state index in [0.29, 0.717) is 29.7 Å². The van der Waals surface area contributed by atoms with Crippen molar-refractivity contribution in [3.05, 3.63) is 53.6 Å². The highest BCUT2D eigenvalue weighted by Crippen LogP contribution is 2.22. The van der Waals surface area contributed by atoms with E-state index in [4.69, 9.17) is 25.8 Å². The van der Waals surface area contributed by atoms with Gasteiger partial charge in [0.25, 0.3) is 5.91 Å². The summed E-state index contributed by atoms with van der Waals surface area (Å²) in [5.74, 6) is 1.72. The van der Waals surface area contributed by atoms with Crippen LogP contribution < -0.4 is 19.5 Å². The Hall–Kier alpha value is -2.40. The normalized spacial score (nSPS) is 10.0. The van der Waals surface area contributed by atoms with E-state index in [1.807, 2.05) is 12.1 Å². The summed E-state index contributed by atoms with van der Waals surface area (Å²) in [4.78, 5) is 11.7. The van der Waals surface area contributed by atoms with Gasteiger partial charge in [0.15, 0.2) is 6.61 Å². The third kappa shape index (κ3) is 5.71. The minimum Gasteiger partial charge on any atom is -0.497 e. The standard InChI is InChI=1S/C17H18ClNO4/c1-21-13-6-8-14(9-7-13)23-12-17(20)19-10-11-22-16-5-3-2-4-15(16)18/h2-9H,10-12H2,1H3,(H,19,20). The van der Waals surface area contributed by atoms with Crippen LogP contribution in [-0.4, -0.2) is 32.8 Å². The highest BCUT2D eigenvalue weighted by molar-refractivity contribution is 6.32. The number of hydrogen-bond donors (Lipinski definition) is 1. The molecule has 23 heavy (non-hydrogen) atoms. The number of nitrogens with one attached hydrogen (secondary N) is 1. The lowest BCUT2D eigenvalue weighted by Crippen LogP contribution is -2.32. The zero-order valence-electron chi connectivity index (χ0n) is 12.8. The maximum absolute atomic E-state index is 11.7. The van der Waals surface area contributed by atoms with Gasteiger partial charge in [-0.2, -0.15) is 0 Å². The summed E-state index contributed by atoms with van der Waals surface area (Å²) in [5, 5.41) is 3.25. The molecule has 0 saturated carbocycles. The van der Waals surface area contributed by atoms with Gasteiger partial charge in [-0.3, -0.25) is 4.79 Å². The first kappa shape index (κ1) is 17.0. The third-order valence-electron chi connectivity index (χ3n) is 2.95. The smallest absolute Gasteiger partial charge is 0.258 e. The summed E-state index contributed by atoms with van der Waals surface area (Å²) in [5.41, 5.74) is 0.